The van der Waals surface area contributed by atoms with E-state index in [0.717, 1.165) is 0 Å². The van der Waals surface area contributed by atoms with Crippen molar-refractivity contribution in [3.8, 4) is 0 Å². The van der Waals surface area contributed by atoms with E-state index in [1.165, 1.54) is 103 Å². The first-order valence-corrected chi connectivity index (χ1v) is 12.5. The number of nitrogens with one attached hydrogen (secondary N) is 2. The monoisotopic (exact) mass is 406 g/mol. The molecule has 0 amide bonds. The van der Waals surface area contributed by atoms with Gasteiger partial charge in [-0.25, -0.2) is 4.57 Å². The van der Waals surface area contributed by atoms with Gasteiger partial charge in [-0.3, -0.25) is 0 Å². The highest BCUT2D eigenvalue weighted by atomic mass is 31.2. The lowest BCUT2D eigenvalue weighted by molar-refractivity contribution is 0.275. The molecule has 7 heteroatoms. The maximum atomic E-state index is 8.88. The molecular weight excluding hydrogens is 363 g/mol. The largest absolute Gasteiger partial charge is 0.466 e. The van der Waals surface area contributed by atoms with Gasteiger partial charge < -0.3 is 25.3 Å². The van der Waals surface area contributed by atoms with Gasteiger partial charge in [0.15, 0.2) is 0 Å². The standard InChI is InChI=1S/C20H40N2.H3O4P/c1-2-3-4-5-6-7-8-9-10-11-12-13-14-15-16-17-20-21-18-19-22-20;1-5(2,3)4/h18-22H,2-17H2,1H3;(H3,1,2,3,4). The van der Waals surface area contributed by atoms with Crippen molar-refractivity contribution in [1.82, 2.24) is 10.6 Å². The molecule has 6 nitrogen and oxygen atoms in total. The molecule has 0 radical (unpaired) electrons. The van der Waals surface area contributed by atoms with Gasteiger partial charge in [0, 0.05) is 12.4 Å². The molecule has 0 fully saturated rings. The van der Waals surface area contributed by atoms with E-state index in [4.69, 9.17) is 19.2 Å². The second-order valence-electron chi connectivity index (χ2n) is 7.47. The Morgan fingerprint density at radius 2 is 0.963 bits per heavy atom. The van der Waals surface area contributed by atoms with Crippen molar-refractivity contribution in [2.45, 2.75) is 116 Å². The van der Waals surface area contributed by atoms with Gasteiger partial charge in [-0.2, -0.15) is 0 Å². The van der Waals surface area contributed by atoms with Crippen LogP contribution >= 0.6 is 7.82 Å². The van der Waals surface area contributed by atoms with Crippen LogP contribution in [0.1, 0.15) is 110 Å². The molecular formula is C20H43N2O4P. The summed E-state index contributed by atoms with van der Waals surface area (Å²) < 4.78 is 8.88. The topological polar surface area (TPSA) is 102 Å². The summed E-state index contributed by atoms with van der Waals surface area (Å²) in [5, 5.41) is 6.63. The minimum atomic E-state index is -4.64. The van der Waals surface area contributed by atoms with Crippen LogP contribution in [-0.4, -0.2) is 20.8 Å². The Balaban J connectivity index is 0.00000119. The van der Waals surface area contributed by atoms with Crippen LogP contribution in [0.5, 0.6) is 0 Å². The number of hydrogen-bond donors (Lipinski definition) is 5. The maximum absolute atomic E-state index is 8.88. The summed E-state index contributed by atoms with van der Waals surface area (Å²) in [7, 11) is -4.64. The van der Waals surface area contributed by atoms with Crippen LogP contribution in [-0.2, 0) is 4.57 Å². The first-order valence-electron chi connectivity index (χ1n) is 10.9. The van der Waals surface area contributed by atoms with Gasteiger partial charge in [-0.1, -0.05) is 96.8 Å². The number of hydrogen-bond acceptors (Lipinski definition) is 3. The Kier molecular flexibility index (Phi) is 18.4. The van der Waals surface area contributed by atoms with E-state index in [1.807, 2.05) is 12.4 Å². The van der Waals surface area contributed by atoms with Gasteiger partial charge in [0.2, 0.25) is 0 Å². The van der Waals surface area contributed by atoms with Crippen LogP contribution in [0.25, 0.3) is 0 Å². The second kappa shape index (κ2) is 18.8. The molecule has 0 aromatic heterocycles. The predicted molar refractivity (Wildman–Crippen MR) is 113 cm³/mol. The van der Waals surface area contributed by atoms with E-state index in [2.05, 4.69) is 17.6 Å². The van der Waals surface area contributed by atoms with Crippen molar-refractivity contribution >= 4 is 7.82 Å². The lowest BCUT2D eigenvalue weighted by Gasteiger charge is -2.11. The molecule has 0 aromatic carbocycles. The van der Waals surface area contributed by atoms with Gasteiger partial charge in [0.25, 0.3) is 0 Å². The average molecular weight is 407 g/mol. The molecule has 0 aliphatic carbocycles. The van der Waals surface area contributed by atoms with Crippen LogP contribution in [0, 0.1) is 0 Å². The average Bonchev–Trinajstić information content (AvgIpc) is 3.10. The van der Waals surface area contributed by atoms with Gasteiger partial charge in [-0.05, 0) is 12.8 Å². The summed E-state index contributed by atoms with van der Waals surface area (Å²) in [5.41, 5.74) is 0. The molecule has 1 heterocycles. The van der Waals surface area contributed by atoms with Crippen LogP contribution in [0.3, 0.4) is 0 Å². The van der Waals surface area contributed by atoms with Crippen molar-refractivity contribution in [3.05, 3.63) is 12.4 Å². The van der Waals surface area contributed by atoms with Crippen molar-refractivity contribution in [3.63, 3.8) is 0 Å². The SMILES string of the molecule is CCCCCCCCCCCCCCCCCC1NC=CN1.O=P(O)(O)O. The first-order chi connectivity index (χ1) is 12.9. The Bertz CT molecular complexity index is 372. The molecule has 1 aliphatic rings. The Hall–Kier alpha value is -0.550. The zero-order valence-corrected chi connectivity index (χ0v) is 18.1. The second-order valence-corrected chi connectivity index (χ2v) is 8.50. The number of rotatable bonds is 16. The minimum absolute atomic E-state index is 0.502. The van der Waals surface area contributed by atoms with E-state index < -0.39 is 7.82 Å². The van der Waals surface area contributed by atoms with Crippen molar-refractivity contribution < 1.29 is 19.2 Å². The van der Waals surface area contributed by atoms with Crippen LogP contribution < -0.4 is 10.6 Å². The first kappa shape index (κ1) is 26.4. The fourth-order valence-corrected chi connectivity index (χ4v) is 3.26. The van der Waals surface area contributed by atoms with Crippen molar-refractivity contribution in [2.75, 3.05) is 0 Å². The summed E-state index contributed by atoms with van der Waals surface area (Å²) in [6, 6.07) is 0. The van der Waals surface area contributed by atoms with Gasteiger partial charge in [0.1, 0.15) is 0 Å². The summed E-state index contributed by atoms with van der Waals surface area (Å²) in [5.74, 6) is 0. The van der Waals surface area contributed by atoms with E-state index in [1.54, 1.807) is 0 Å². The van der Waals surface area contributed by atoms with E-state index in [9.17, 15) is 0 Å². The number of phosphoric acid groups is 1. The third-order valence-corrected chi connectivity index (χ3v) is 4.77. The highest BCUT2D eigenvalue weighted by Crippen LogP contribution is 2.25. The molecule has 0 saturated heterocycles. The van der Waals surface area contributed by atoms with Gasteiger partial charge in [0.05, 0.1) is 6.17 Å². The van der Waals surface area contributed by atoms with E-state index in [0.29, 0.717) is 6.17 Å². The minimum Gasteiger partial charge on any atom is -0.370 e. The molecule has 0 saturated carbocycles. The fourth-order valence-electron chi connectivity index (χ4n) is 3.26. The van der Waals surface area contributed by atoms with E-state index >= 15 is 0 Å². The normalized spacial score (nSPS) is 13.8. The van der Waals surface area contributed by atoms with Gasteiger partial charge in [-0.15, -0.1) is 0 Å². The Labute approximate surface area is 166 Å². The molecule has 0 bridgehead atoms. The van der Waals surface area contributed by atoms with Crippen molar-refractivity contribution in [1.29, 1.82) is 0 Å². The third-order valence-electron chi connectivity index (χ3n) is 4.77. The molecule has 5 N–H and O–H groups in total. The maximum Gasteiger partial charge on any atom is 0.466 e. The fraction of sp³-hybridized carbons (Fsp3) is 0.900. The molecule has 0 spiro atoms. The smallest absolute Gasteiger partial charge is 0.370 e. The predicted octanol–water partition coefficient (Wildman–Crippen LogP) is 5.31. The Morgan fingerprint density at radius 1 is 0.667 bits per heavy atom. The highest BCUT2D eigenvalue weighted by Gasteiger charge is 2.06. The Morgan fingerprint density at radius 3 is 1.30 bits per heavy atom. The molecule has 162 valence electrons. The summed E-state index contributed by atoms with van der Waals surface area (Å²) in [4.78, 5) is 21.6. The zero-order chi connectivity index (χ0) is 20.2. The molecule has 0 unspecified atom stereocenters. The third kappa shape index (κ3) is 25.5. The van der Waals surface area contributed by atoms with Crippen LogP contribution in [0.15, 0.2) is 12.4 Å². The van der Waals surface area contributed by atoms with Crippen LogP contribution in [0.2, 0.25) is 0 Å². The summed E-state index contributed by atoms with van der Waals surface area (Å²) in [6.07, 6.45) is 27.4. The molecule has 1 aliphatic heterocycles. The molecule has 1 rings (SSSR count). The lowest BCUT2D eigenvalue weighted by Crippen LogP contribution is -2.30. The quantitative estimate of drug-likeness (QED) is 0.176. The molecule has 27 heavy (non-hydrogen) atoms. The number of unbranched alkanes of at least 4 members (excludes halogenated alkanes) is 14. The van der Waals surface area contributed by atoms with Crippen LogP contribution in [0.4, 0.5) is 0 Å². The molecule has 0 atom stereocenters. The van der Waals surface area contributed by atoms with Crippen molar-refractivity contribution in [2.24, 2.45) is 0 Å². The highest BCUT2D eigenvalue weighted by molar-refractivity contribution is 7.45. The lowest BCUT2D eigenvalue weighted by atomic mass is 10.0. The van der Waals surface area contributed by atoms with E-state index in [-0.39, 0.29) is 0 Å². The molecule has 0 aromatic rings. The summed E-state index contributed by atoms with van der Waals surface area (Å²) >= 11 is 0. The summed E-state index contributed by atoms with van der Waals surface area (Å²) in [6.45, 7) is 2.29. The van der Waals surface area contributed by atoms with Gasteiger partial charge >= 0.3 is 7.82 Å². The zero-order valence-electron chi connectivity index (χ0n) is 17.2.